The van der Waals surface area contributed by atoms with Gasteiger partial charge < -0.3 is 14.6 Å². The van der Waals surface area contributed by atoms with Gasteiger partial charge in [-0.1, -0.05) is 112 Å². The van der Waals surface area contributed by atoms with Crippen molar-refractivity contribution in [3.63, 3.8) is 0 Å². The van der Waals surface area contributed by atoms with Crippen LogP contribution in [0.1, 0.15) is 68.7 Å². The van der Waals surface area contributed by atoms with E-state index in [0.29, 0.717) is 5.92 Å². The molecule has 200 valence electrons. The third-order valence-corrected chi connectivity index (χ3v) is 6.45. The summed E-state index contributed by atoms with van der Waals surface area (Å²) < 4.78 is 12.1. The number of phenols is 1. The molecule has 2 unspecified atom stereocenters. The predicted molar refractivity (Wildman–Crippen MR) is 161 cm³/mol. The first-order valence-corrected chi connectivity index (χ1v) is 13.8. The molecule has 0 saturated carbocycles. The highest BCUT2D eigenvalue weighted by molar-refractivity contribution is 5.69. The van der Waals surface area contributed by atoms with E-state index in [0.717, 1.165) is 41.0 Å². The normalized spacial score (nSPS) is 13.7. The first kappa shape index (κ1) is 29.0. The van der Waals surface area contributed by atoms with E-state index < -0.39 is 0 Å². The van der Waals surface area contributed by atoms with Crippen LogP contribution in [-0.2, 0) is 4.74 Å². The Hall–Kier alpha value is -3.56. The van der Waals surface area contributed by atoms with Crippen LogP contribution in [0.4, 0.5) is 0 Å². The molecule has 3 nitrogen and oxygen atoms in total. The van der Waals surface area contributed by atoms with Crippen molar-refractivity contribution >= 4 is 18.2 Å². The number of aryl methyl sites for hydroxylation is 1. The Morgan fingerprint density at radius 2 is 1.55 bits per heavy atom. The Kier molecular flexibility index (Phi) is 11.9. The van der Waals surface area contributed by atoms with E-state index in [1.165, 1.54) is 24.8 Å². The summed E-state index contributed by atoms with van der Waals surface area (Å²) in [5, 5.41) is 9.83. The van der Waals surface area contributed by atoms with Gasteiger partial charge in [-0.3, -0.25) is 0 Å². The molecule has 3 aromatic carbocycles. The van der Waals surface area contributed by atoms with Crippen molar-refractivity contribution in [2.24, 2.45) is 5.92 Å². The molecule has 0 aromatic heterocycles. The quantitative estimate of drug-likeness (QED) is 0.173. The number of ether oxygens (including phenoxy) is 2. The van der Waals surface area contributed by atoms with Gasteiger partial charge in [0.15, 0.2) is 6.29 Å². The summed E-state index contributed by atoms with van der Waals surface area (Å²) in [6.45, 7) is 9.24. The van der Waals surface area contributed by atoms with Crippen molar-refractivity contribution < 1.29 is 14.6 Å². The molecule has 3 rings (SSSR count). The average molecular weight is 511 g/mol. The van der Waals surface area contributed by atoms with Crippen LogP contribution in [0.2, 0.25) is 0 Å². The number of aromatic hydroxyl groups is 1. The minimum absolute atomic E-state index is 0.254. The van der Waals surface area contributed by atoms with E-state index in [1.807, 2.05) is 43.3 Å². The number of unbranched alkanes of at least 4 members (excludes halogenated alkanes) is 1. The Labute approximate surface area is 229 Å². The fourth-order valence-corrected chi connectivity index (χ4v) is 4.20. The van der Waals surface area contributed by atoms with Gasteiger partial charge in [0.05, 0.1) is 6.61 Å². The molecule has 0 radical (unpaired) electrons. The highest BCUT2D eigenvalue weighted by Crippen LogP contribution is 2.21. The first-order valence-electron chi connectivity index (χ1n) is 13.8. The molecule has 0 heterocycles. The maximum Gasteiger partial charge on any atom is 0.196 e. The number of phenolic OH excluding ortho intramolecular Hbond substituents is 1. The standard InChI is InChI=1S/C35H42O3/c1-5-7-12-29(6-2)26-37-28(4)38-35-17-10-15-33(25-35)23-32(20-18-30-13-8-11-27(3)22-30)21-19-31-14-9-16-34(36)24-31/h8-11,13-25,28-29,36H,5-7,12,26H2,1-4H3. The zero-order chi connectivity index (χ0) is 27.2. The van der Waals surface area contributed by atoms with E-state index in [1.54, 1.807) is 12.1 Å². The molecule has 3 aromatic rings. The lowest BCUT2D eigenvalue weighted by Gasteiger charge is -2.20. The second kappa shape index (κ2) is 15.6. The second-order valence-corrected chi connectivity index (χ2v) is 9.83. The summed E-state index contributed by atoms with van der Waals surface area (Å²) in [6, 6.07) is 23.7. The van der Waals surface area contributed by atoms with E-state index in [4.69, 9.17) is 9.47 Å². The number of hydrogen-bond acceptors (Lipinski definition) is 3. The SMILES string of the molecule is CCCCC(CC)COC(C)Oc1cccc(C=C(C=Cc2cccc(C)c2)C=Cc2cccc(O)c2)c1. The summed E-state index contributed by atoms with van der Waals surface area (Å²) >= 11 is 0. The molecular weight excluding hydrogens is 468 g/mol. The topological polar surface area (TPSA) is 38.7 Å². The second-order valence-electron chi connectivity index (χ2n) is 9.83. The zero-order valence-corrected chi connectivity index (χ0v) is 23.3. The Morgan fingerprint density at radius 1 is 0.868 bits per heavy atom. The largest absolute Gasteiger partial charge is 0.508 e. The van der Waals surface area contributed by atoms with Crippen LogP contribution < -0.4 is 4.74 Å². The monoisotopic (exact) mass is 510 g/mol. The molecule has 0 aliphatic rings. The van der Waals surface area contributed by atoms with E-state index in [2.05, 4.69) is 75.4 Å². The summed E-state index contributed by atoms with van der Waals surface area (Å²) in [7, 11) is 0. The molecule has 0 aliphatic carbocycles. The van der Waals surface area contributed by atoms with Crippen molar-refractivity contribution in [1.82, 2.24) is 0 Å². The minimum atomic E-state index is -0.309. The Balaban J connectivity index is 1.76. The van der Waals surface area contributed by atoms with Crippen LogP contribution in [0.25, 0.3) is 18.2 Å². The summed E-state index contributed by atoms with van der Waals surface area (Å²) in [4.78, 5) is 0. The molecule has 0 spiro atoms. The summed E-state index contributed by atoms with van der Waals surface area (Å²) in [5.74, 6) is 1.62. The van der Waals surface area contributed by atoms with Crippen LogP contribution in [0, 0.1) is 12.8 Å². The van der Waals surface area contributed by atoms with Crippen molar-refractivity contribution in [3.8, 4) is 11.5 Å². The predicted octanol–water partition coefficient (Wildman–Crippen LogP) is 9.47. The molecule has 0 aliphatic heterocycles. The van der Waals surface area contributed by atoms with Gasteiger partial charge >= 0.3 is 0 Å². The van der Waals surface area contributed by atoms with Crippen molar-refractivity contribution in [3.05, 3.63) is 113 Å². The summed E-state index contributed by atoms with van der Waals surface area (Å²) in [6.07, 6.45) is 14.9. The smallest absolute Gasteiger partial charge is 0.196 e. The zero-order valence-electron chi connectivity index (χ0n) is 23.3. The molecule has 0 bridgehead atoms. The van der Waals surface area contributed by atoms with E-state index in [-0.39, 0.29) is 12.0 Å². The van der Waals surface area contributed by atoms with Crippen LogP contribution in [0.5, 0.6) is 11.5 Å². The number of rotatable bonds is 14. The Morgan fingerprint density at radius 3 is 2.24 bits per heavy atom. The minimum Gasteiger partial charge on any atom is -0.508 e. The molecule has 3 heteroatoms. The maximum atomic E-state index is 9.83. The third kappa shape index (κ3) is 10.4. The molecule has 0 amide bonds. The molecule has 38 heavy (non-hydrogen) atoms. The lowest BCUT2D eigenvalue weighted by atomic mass is 10.0. The number of allylic oxidation sites excluding steroid dienone is 3. The van der Waals surface area contributed by atoms with Gasteiger partial charge in [0.25, 0.3) is 0 Å². The lowest BCUT2D eigenvalue weighted by molar-refractivity contribution is -0.0801. The Bertz CT molecular complexity index is 1160. The maximum absolute atomic E-state index is 9.83. The van der Waals surface area contributed by atoms with Gasteiger partial charge in [-0.25, -0.2) is 0 Å². The van der Waals surface area contributed by atoms with Crippen molar-refractivity contribution in [1.29, 1.82) is 0 Å². The summed E-state index contributed by atoms with van der Waals surface area (Å²) in [5.41, 5.74) is 5.37. The van der Waals surface area contributed by atoms with Crippen molar-refractivity contribution in [2.75, 3.05) is 6.61 Å². The van der Waals surface area contributed by atoms with E-state index >= 15 is 0 Å². The molecule has 2 atom stereocenters. The van der Waals surface area contributed by atoms with Crippen LogP contribution in [0.3, 0.4) is 0 Å². The van der Waals surface area contributed by atoms with Gasteiger partial charge in [0.2, 0.25) is 0 Å². The van der Waals surface area contributed by atoms with E-state index in [9.17, 15) is 5.11 Å². The fraction of sp³-hybridized carbons (Fsp3) is 0.314. The van der Waals surface area contributed by atoms with Gasteiger partial charge in [-0.05, 0) is 78.8 Å². The lowest BCUT2D eigenvalue weighted by Crippen LogP contribution is -2.20. The van der Waals surface area contributed by atoms with Crippen LogP contribution in [-0.4, -0.2) is 18.0 Å². The van der Waals surface area contributed by atoms with Crippen molar-refractivity contribution in [2.45, 2.75) is 59.7 Å². The molecule has 0 saturated heterocycles. The van der Waals surface area contributed by atoms with Gasteiger partial charge in [-0.2, -0.15) is 0 Å². The molecule has 1 N–H and O–H groups in total. The molecular formula is C35H42O3. The number of hydrogen-bond donors (Lipinski definition) is 1. The van der Waals surface area contributed by atoms with Crippen LogP contribution in [0.15, 0.2) is 90.5 Å². The van der Waals surface area contributed by atoms with Gasteiger partial charge in [0, 0.05) is 0 Å². The van der Waals surface area contributed by atoms with Gasteiger partial charge in [0.1, 0.15) is 11.5 Å². The van der Waals surface area contributed by atoms with Crippen LogP contribution >= 0.6 is 0 Å². The van der Waals surface area contributed by atoms with Gasteiger partial charge in [-0.15, -0.1) is 0 Å². The fourth-order valence-electron chi connectivity index (χ4n) is 4.20. The highest BCUT2D eigenvalue weighted by Gasteiger charge is 2.10. The third-order valence-electron chi connectivity index (χ3n) is 6.45. The average Bonchev–Trinajstić information content (AvgIpc) is 2.90. The highest BCUT2D eigenvalue weighted by atomic mass is 16.7. The number of benzene rings is 3. The first-order chi connectivity index (χ1) is 18.4. The molecule has 0 fully saturated rings.